The van der Waals surface area contributed by atoms with Crippen LogP contribution in [0, 0.1) is 23.9 Å². The van der Waals surface area contributed by atoms with Crippen LogP contribution in [0.25, 0.3) is 94.5 Å². The normalized spacial score (nSPS) is 13.8. The molecule has 3 heterocycles. The second-order valence-electron chi connectivity index (χ2n) is 28.1. The van der Waals surface area contributed by atoms with E-state index in [1.54, 1.807) is 12.1 Å². The van der Waals surface area contributed by atoms with Crippen LogP contribution in [0.3, 0.4) is 0 Å². The summed E-state index contributed by atoms with van der Waals surface area (Å²) in [6.07, 6.45) is 3.50. The minimum Gasteiger partial charge on any atom is -0.510 e. The second kappa shape index (κ2) is 22.9. The molecule has 5 nitrogen and oxygen atoms in total. The molecule has 6 heteroatoms. The van der Waals surface area contributed by atoms with Gasteiger partial charge in [0, 0.05) is 52.6 Å². The smallest absolute Gasteiger partial charge is 0.268 e. The average Bonchev–Trinajstić information content (AvgIpc) is 1.66. The van der Waals surface area contributed by atoms with Crippen LogP contribution in [-0.2, 0) is 49.1 Å². The number of rotatable bonds is 10. The fourth-order valence-corrected chi connectivity index (χ4v) is 11.3. The molecule has 3 aromatic heterocycles. The third-order valence-corrected chi connectivity index (χ3v) is 16.1. The molecule has 0 amide bonds. The Morgan fingerprint density at radius 1 is 0.494 bits per heavy atom. The predicted octanol–water partition coefficient (Wildman–Crippen LogP) is 21.0. The minimum absolute atomic E-state index is 0. The molecule has 0 radical (unpaired) electrons. The Labute approximate surface area is 540 Å². The van der Waals surface area contributed by atoms with Gasteiger partial charge in [-0.05, 0) is 148 Å². The van der Waals surface area contributed by atoms with Gasteiger partial charge in [0.2, 0.25) is 0 Å². The summed E-state index contributed by atoms with van der Waals surface area (Å²) in [6, 6.07) is 60.8. The third-order valence-electron chi connectivity index (χ3n) is 16.1. The Morgan fingerprint density at radius 3 is 1.64 bits per heavy atom. The van der Waals surface area contributed by atoms with Crippen LogP contribution < -0.4 is 9.30 Å². The Bertz CT molecular complexity index is 4780. The van der Waals surface area contributed by atoms with Gasteiger partial charge in [-0.25, -0.2) is 4.98 Å². The van der Waals surface area contributed by atoms with Crippen molar-refractivity contribution < 1.29 is 40.0 Å². The number of aromatic nitrogens is 4. The van der Waals surface area contributed by atoms with Gasteiger partial charge in [0.05, 0.1) is 23.6 Å². The molecule has 9 aromatic carbocycles. The fraction of sp³-hybridized carbons (Fsp3) is 0.259. The maximum absolute atomic E-state index is 10.2. The van der Waals surface area contributed by atoms with Gasteiger partial charge in [0.1, 0.15) is 5.82 Å². The molecule has 442 valence electrons. The monoisotopic (exact) mass is 1330 g/mol. The van der Waals surface area contributed by atoms with E-state index in [4.69, 9.17) is 16.6 Å². The zero-order valence-corrected chi connectivity index (χ0v) is 55.0. The molecule has 0 aliphatic heterocycles. The van der Waals surface area contributed by atoms with E-state index >= 15 is 0 Å². The second-order valence-corrected chi connectivity index (χ2v) is 28.1. The first kappa shape index (κ1) is 52.1. The number of imidazole rings is 1. The average molecular weight is 1330 g/mol. The molecule has 0 fully saturated rings. The van der Waals surface area contributed by atoms with Crippen LogP contribution in [0.15, 0.2) is 200 Å². The van der Waals surface area contributed by atoms with E-state index in [1.807, 2.05) is 121 Å². The van der Waals surface area contributed by atoms with Crippen molar-refractivity contribution in [2.45, 2.75) is 132 Å². The van der Waals surface area contributed by atoms with Crippen LogP contribution in [-0.4, -0.2) is 14.1 Å². The third kappa shape index (κ3) is 12.4. The Kier molecular flexibility index (Phi) is 13.7. The molecular formula is C81H80N4OPt-2. The van der Waals surface area contributed by atoms with Crippen molar-refractivity contribution in [3.63, 3.8) is 0 Å². The van der Waals surface area contributed by atoms with Crippen molar-refractivity contribution in [2.24, 2.45) is 5.41 Å². The van der Waals surface area contributed by atoms with Crippen LogP contribution in [0.4, 0.5) is 0 Å². The number of ether oxygens (including phenoxy) is 1. The quantitative estimate of drug-likeness (QED) is 0.101. The van der Waals surface area contributed by atoms with Gasteiger partial charge < -0.3 is 13.9 Å². The number of hydrogen-bond acceptors (Lipinski definition) is 2. The van der Waals surface area contributed by atoms with Crippen LogP contribution in [0.1, 0.15) is 141 Å². The molecule has 0 spiro atoms. The van der Waals surface area contributed by atoms with E-state index in [-0.39, 0.29) is 60.4 Å². The Balaban J connectivity index is 0.00000901. The summed E-state index contributed by atoms with van der Waals surface area (Å²) in [5.41, 5.74) is 14.9. The molecule has 0 N–H and O–H groups in total. The summed E-state index contributed by atoms with van der Waals surface area (Å²) in [6.45, 7) is 33.1. The Hall–Kier alpha value is -8.11. The van der Waals surface area contributed by atoms with E-state index in [2.05, 4.69) is 173 Å². The van der Waals surface area contributed by atoms with Gasteiger partial charge in [0.25, 0.3) is 6.33 Å². The van der Waals surface area contributed by atoms with Gasteiger partial charge in [-0.2, -0.15) is 18.2 Å². The van der Waals surface area contributed by atoms with Gasteiger partial charge in [-0.1, -0.05) is 237 Å². The van der Waals surface area contributed by atoms with Gasteiger partial charge in [-0.3, -0.25) is 4.57 Å². The number of para-hydroxylation sites is 4. The van der Waals surface area contributed by atoms with Crippen molar-refractivity contribution in [3.8, 4) is 73.2 Å². The number of fused-ring (bicyclic) bond motifs is 4. The first-order valence-electron chi connectivity index (χ1n) is 33.4. The Morgan fingerprint density at radius 2 is 1.03 bits per heavy atom. The first-order valence-corrected chi connectivity index (χ1v) is 29.9. The summed E-state index contributed by atoms with van der Waals surface area (Å²) in [4.78, 5) is 5.37. The largest absolute Gasteiger partial charge is 0.510 e. The number of nitrogens with zero attached hydrogens (tertiary/aromatic N) is 4. The van der Waals surface area contributed by atoms with Crippen molar-refractivity contribution in [1.29, 1.82) is 0 Å². The van der Waals surface area contributed by atoms with Crippen molar-refractivity contribution in [3.05, 3.63) is 246 Å². The molecule has 0 saturated carbocycles. The van der Waals surface area contributed by atoms with Gasteiger partial charge >= 0.3 is 0 Å². The van der Waals surface area contributed by atoms with Gasteiger partial charge in [-0.15, -0.1) is 29.7 Å². The maximum atomic E-state index is 10.2. The molecule has 0 aliphatic rings. The molecular weight excluding hydrogens is 1240 g/mol. The van der Waals surface area contributed by atoms with E-state index in [1.165, 1.54) is 22.3 Å². The van der Waals surface area contributed by atoms with Crippen molar-refractivity contribution in [2.75, 3.05) is 0 Å². The summed E-state index contributed by atoms with van der Waals surface area (Å²) in [5, 5.41) is 1.89. The summed E-state index contributed by atoms with van der Waals surface area (Å²) >= 11 is 0. The van der Waals surface area contributed by atoms with Crippen LogP contribution in [0.5, 0.6) is 11.5 Å². The van der Waals surface area contributed by atoms with Crippen LogP contribution >= 0.6 is 0 Å². The zero-order valence-electron chi connectivity index (χ0n) is 59.7. The molecule has 12 aromatic rings. The van der Waals surface area contributed by atoms with Crippen LogP contribution in [0.2, 0.25) is 0 Å². The molecule has 0 saturated heterocycles. The zero-order chi connectivity index (χ0) is 66.8. The summed E-state index contributed by atoms with van der Waals surface area (Å²) < 4.78 is 75.9. The van der Waals surface area contributed by atoms with Gasteiger partial charge in [0.15, 0.2) is 0 Å². The maximum Gasteiger partial charge on any atom is 0.268 e. The van der Waals surface area contributed by atoms with E-state index in [0.29, 0.717) is 50.9 Å². The molecule has 0 aliphatic carbocycles. The molecule has 87 heavy (non-hydrogen) atoms. The molecule has 0 unspecified atom stereocenters. The van der Waals surface area contributed by atoms with E-state index in [9.17, 15) is 2.74 Å². The molecule has 12 rings (SSSR count). The first-order chi connectivity index (χ1) is 43.6. The number of pyridine rings is 1. The molecule has 0 atom stereocenters. The van der Waals surface area contributed by atoms with Crippen molar-refractivity contribution >= 4 is 32.8 Å². The topological polar surface area (TPSA) is 35.9 Å². The minimum atomic E-state index is -1.87. The SMILES string of the molecule is [2H]c1c([2H])c([2H])c(-c2ccccc2-[n+]2[c-]n(-c3[c-]c(Oc4[c-]c5c(cc4)c4ccccc4n5-c4cc(C([2H])([2H])C(C)(C)C)c(-c5cc(-c6cc(C(C)(C)C)cc(C(C)(C)C)c6)cc(-c6cc(C(C)(C)C)cc(C(C)(C)C)c6)c5)cn4)ccc3)c3ccccc32)c([2H])c1[2H].[Pt]. The van der Waals surface area contributed by atoms with E-state index < -0.39 is 29.9 Å². The van der Waals surface area contributed by atoms with E-state index in [0.717, 1.165) is 55.1 Å². The number of hydrogen-bond donors (Lipinski definition) is 0. The summed E-state index contributed by atoms with van der Waals surface area (Å²) in [5.74, 6) is 1.36. The number of benzene rings is 9. The standard InChI is InChI=1S/C81H80N4O.Pt/c1-77(2,3)50-59-45-76(82-51-70(59)58-39-54(56-41-60(78(4,5)6)46-61(42-56)79(7,8)9)38-55(40-58)57-43-62(80(10,11)12)47-63(44-57)81(13,14)15)85-72-33-22-20-31-68(72)69-37-36-66(49-75(69)85)86-65-29-25-28-64(48-65)83-52-84(74-35-24-23-34-73(74)83)71-32-21-19-30-67(71)53-26-17-16-18-27-53;/h16-47,51H,50H2,1-15H3;/q-2;/i16D,17D,18D,26D,27D,50D2;. The predicted molar refractivity (Wildman–Crippen MR) is 360 cm³/mol. The fourth-order valence-electron chi connectivity index (χ4n) is 11.3. The van der Waals surface area contributed by atoms with Crippen molar-refractivity contribution in [1.82, 2.24) is 14.1 Å². The molecule has 0 bridgehead atoms. The summed E-state index contributed by atoms with van der Waals surface area (Å²) in [7, 11) is 0.